The number of aliphatic imine (C=N–C) groups is 1. The number of aromatic amines is 1. The molecule has 23 heavy (non-hydrogen) atoms. The molecule has 0 spiro atoms. The Balaban J connectivity index is 2.15. The van der Waals surface area contributed by atoms with Gasteiger partial charge in [0.1, 0.15) is 29.4 Å². The lowest BCUT2D eigenvalue weighted by Crippen LogP contribution is -2.14. The number of ether oxygens (including phenoxy) is 1. The Morgan fingerprint density at radius 1 is 1.48 bits per heavy atom. The second-order valence-corrected chi connectivity index (χ2v) is 4.63. The highest BCUT2D eigenvalue weighted by Crippen LogP contribution is 2.31. The van der Waals surface area contributed by atoms with Crippen LogP contribution in [0, 0.1) is 11.2 Å². The average molecular weight is 312 g/mol. The normalized spacial score (nSPS) is 11.7. The highest BCUT2D eigenvalue weighted by molar-refractivity contribution is 6.01. The number of methoxy groups -OCH3 is 1. The number of hydrogen-bond donors (Lipinski definition) is 3. The van der Waals surface area contributed by atoms with E-state index in [4.69, 9.17) is 15.9 Å². The summed E-state index contributed by atoms with van der Waals surface area (Å²) >= 11 is 0. The van der Waals surface area contributed by atoms with Crippen molar-refractivity contribution in [1.29, 1.82) is 5.41 Å². The number of nitrogens with one attached hydrogen (secondary N) is 2. The lowest BCUT2D eigenvalue weighted by molar-refractivity contribution is 0.413. The van der Waals surface area contributed by atoms with Crippen LogP contribution in [-0.4, -0.2) is 34.2 Å². The number of pyridine rings is 1. The number of H-pyrrole nitrogens is 1. The van der Waals surface area contributed by atoms with Crippen molar-refractivity contribution in [3.8, 4) is 17.1 Å². The number of amidine groups is 1. The number of halogens is 1. The molecule has 0 aliphatic carbocycles. The molecule has 2 aromatic heterocycles. The molecule has 3 rings (SSSR count). The van der Waals surface area contributed by atoms with E-state index in [2.05, 4.69) is 19.9 Å². The number of imidazole rings is 1. The Morgan fingerprint density at radius 2 is 2.30 bits per heavy atom. The molecule has 0 saturated heterocycles. The SMILES string of the molecule is COc1cccc(F)c1-c1nc2cc(C(N)=NC=N)ncc2[nH]1. The van der Waals surface area contributed by atoms with Crippen LogP contribution in [0.15, 0.2) is 35.5 Å². The molecule has 0 fully saturated rings. The van der Waals surface area contributed by atoms with Crippen molar-refractivity contribution in [3.63, 3.8) is 0 Å². The van der Waals surface area contributed by atoms with E-state index in [0.29, 0.717) is 28.3 Å². The zero-order valence-electron chi connectivity index (χ0n) is 12.2. The summed E-state index contributed by atoms with van der Waals surface area (Å²) in [5.74, 6) is 0.370. The van der Waals surface area contributed by atoms with Gasteiger partial charge < -0.3 is 15.5 Å². The lowest BCUT2D eigenvalue weighted by Gasteiger charge is -2.06. The molecule has 0 bridgehead atoms. The molecule has 116 valence electrons. The first-order chi connectivity index (χ1) is 11.1. The number of benzene rings is 1. The van der Waals surface area contributed by atoms with Gasteiger partial charge in [-0.15, -0.1) is 0 Å². The molecule has 2 heterocycles. The number of rotatable bonds is 4. The molecule has 3 aromatic rings. The molecule has 0 radical (unpaired) electrons. The smallest absolute Gasteiger partial charge is 0.151 e. The van der Waals surface area contributed by atoms with Gasteiger partial charge in [0.15, 0.2) is 5.84 Å². The first-order valence-corrected chi connectivity index (χ1v) is 6.65. The van der Waals surface area contributed by atoms with Crippen LogP contribution < -0.4 is 10.5 Å². The number of nitrogens with two attached hydrogens (primary N) is 1. The van der Waals surface area contributed by atoms with Crippen LogP contribution in [0.25, 0.3) is 22.4 Å². The van der Waals surface area contributed by atoms with Gasteiger partial charge >= 0.3 is 0 Å². The Hall–Kier alpha value is -3.29. The van der Waals surface area contributed by atoms with Crippen molar-refractivity contribution in [2.75, 3.05) is 7.11 Å². The highest BCUT2D eigenvalue weighted by Gasteiger charge is 2.16. The number of nitrogens with zero attached hydrogens (tertiary/aromatic N) is 3. The van der Waals surface area contributed by atoms with Gasteiger partial charge in [0.2, 0.25) is 0 Å². The van der Waals surface area contributed by atoms with Crippen molar-refractivity contribution in [2.24, 2.45) is 10.7 Å². The van der Waals surface area contributed by atoms with Crippen molar-refractivity contribution < 1.29 is 9.13 Å². The summed E-state index contributed by atoms with van der Waals surface area (Å²) < 4.78 is 19.3. The van der Waals surface area contributed by atoms with E-state index in [0.717, 1.165) is 6.34 Å². The summed E-state index contributed by atoms with van der Waals surface area (Å²) in [5, 5.41) is 6.93. The highest BCUT2D eigenvalue weighted by atomic mass is 19.1. The molecule has 0 aliphatic rings. The van der Waals surface area contributed by atoms with Gasteiger partial charge in [0.25, 0.3) is 0 Å². The first kappa shape index (κ1) is 14.6. The van der Waals surface area contributed by atoms with Gasteiger partial charge in [-0.05, 0) is 18.2 Å². The predicted molar refractivity (Wildman–Crippen MR) is 85.3 cm³/mol. The average Bonchev–Trinajstić information content (AvgIpc) is 2.97. The van der Waals surface area contributed by atoms with E-state index in [1.165, 1.54) is 19.4 Å². The minimum absolute atomic E-state index is 0.106. The summed E-state index contributed by atoms with van der Waals surface area (Å²) in [7, 11) is 1.47. The Kier molecular flexibility index (Phi) is 3.71. The van der Waals surface area contributed by atoms with Gasteiger partial charge in [0, 0.05) is 0 Å². The lowest BCUT2D eigenvalue weighted by atomic mass is 10.2. The van der Waals surface area contributed by atoms with E-state index in [1.54, 1.807) is 18.2 Å². The molecular weight excluding hydrogens is 299 g/mol. The molecule has 0 saturated carbocycles. The molecule has 0 atom stereocenters. The van der Waals surface area contributed by atoms with Crippen molar-refractivity contribution in [2.45, 2.75) is 0 Å². The minimum atomic E-state index is -0.443. The van der Waals surface area contributed by atoms with E-state index >= 15 is 0 Å². The van der Waals surface area contributed by atoms with E-state index in [-0.39, 0.29) is 11.4 Å². The molecule has 0 amide bonds. The van der Waals surface area contributed by atoms with Crippen LogP contribution in [0.2, 0.25) is 0 Å². The Morgan fingerprint density at radius 3 is 3.04 bits per heavy atom. The zero-order chi connectivity index (χ0) is 16.4. The van der Waals surface area contributed by atoms with Crippen LogP contribution in [0.3, 0.4) is 0 Å². The topological polar surface area (TPSA) is 113 Å². The van der Waals surface area contributed by atoms with Gasteiger partial charge in [-0.25, -0.2) is 14.4 Å². The van der Waals surface area contributed by atoms with Gasteiger partial charge in [-0.1, -0.05) is 6.07 Å². The second kappa shape index (κ2) is 5.84. The fourth-order valence-corrected chi connectivity index (χ4v) is 2.21. The van der Waals surface area contributed by atoms with Crippen molar-refractivity contribution in [3.05, 3.63) is 42.0 Å². The largest absolute Gasteiger partial charge is 0.496 e. The fraction of sp³-hybridized carbons (Fsp3) is 0.0667. The number of fused-ring (bicyclic) bond motifs is 1. The third kappa shape index (κ3) is 2.61. The van der Waals surface area contributed by atoms with E-state index < -0.39 is 5.82 Å². The molecule has 0 aliphatic heterocycles. The van der Waals surface area contributed by atoms with Crippen LogP contribution in [0.1, 0.15) is 5.69 Å². The summed E-state index contributed by atoms with van der Waals surface area (Å²) in [4.78, 5) is 15.2. The van der Waals surface area contributed by atoms with Crippen LogP contribution >= 0.6 is 0 Å². The molecule has 1 aromatic carbocycles. The summed E-state index contributed by atoms with van der Waals surface area (Å²) in [6.07, 6.45) is 2.36. The molecule has 0 unspecified atom stereocenters. The van der Waals surface area contributed by atoms with E-state index in [1.807, 2.05) is 0 Å². The molecule has 4 N–H and O–H groups in total. The molecule has 7 nitrogen and oxygen atoms in total. The van der Waals surface area contributed by atoms with Gasteiger partial charge in [-0.2, -0.15) is 0 Å². The Bertz CT molecular complexity index is 917. The fourth-order valence-electron chi connectivity index (χ4n) is 2.21. The van der Waals surface area contributed by atoms with Crippen LogP contribution in [0.4, 0.5) is 4.39 Å². The summed E-state index contributed by atoms with van der Waals surface area (Å²) in [6, 6.07) is 6.17. The van der Waals surface area contributed by atoms with Gasteiger partial charge in [0.05, 0.1) is 29.9 Å². The van der Waals surface area contributed by atoms with Crippen LogP contribution in [-0.2, 0) is 0 Å². The quantitative estimate of drug-likeness (QED) is 0.505. The maximum Gasteiger partial charge on any atom is 0.151 e. The number of hydrogen-bond acceptors (Lipinski definition) is 4. The molecule has 8 heteroatoms. The maximum atomic E-state index is 14.1. The molecular formula is C15H13FN6O. The third-order valence-electron chi connectivity index (χ3n) is 3.27. The van der Waals surface area contributed by atoms with E-state index in [9.17, 15) is 4.39 Å². The van der Waals surface area contributed by atoms with Crippen molar-refractivity contribution >= 4 is 23.2 Å². The zero-order valence-corrected chi connectivity index (χ0v) is 12.2. The monoisotopic (exact) mass is 312 g/mol. The van der Waals surface area contributed by atoms with Crippen LogP contribution in [0.5, 0.6) is 5.75 Å². The maximum absolute atomic E-state index is 14.1. The first-order valence-electron chi connectivity index (χ1n) is 6.65. The second-order valence-electron chi connectivity index (χ2n) is 4.63. The third-order valence-corrected chi connectivity index (χ3v) is 3.27. The predicted octanol–water partition coefficient (Wildman–Crippen LogP) is 2.08. The Labute approximate surface area is 130 Å². The van der Waals surface area contributed by atoms with Gasteiger partial charge in [-0.3, -0.25) is 10.4 Å². The number of aromatic nitrogens is 3. The summed E-state index contributed by atoms with van der Waals surface area (Å²) in [5.41, 5.74) is 7.51. The van der Waals surface area contributed by atoms with Crippen molar-refractivity contribution in [1.82, 2.24) is 15.0 Å². The minimum Gasteiger partial charge on any atom is -0.496 e. The summed E-state index contributed by atoms with van der Waals surface area (Å²) in [6.45, 7) is 0. The standard InChI is InChI=1S/C15H13FN6O/c1-23-12-4-2-3-8(16)13(12)15-21-9-5-10(14(18)20-7-17)19-6-11(9)22-15/h2-7H,1H3,(H,21,22)(H3,17,18,20).